The van der Waals surface area contributed by atoms with Crippen molar-refractivity contribution in [2.24, 2.45) is 5.41 Å². The van der Waals surface area contributed by atoms with E-state index in [4.69, 9.17) is 23.2 Å². The van der Waals surface area contributed by atoms with Crippen molar-refractivity contribution in [1.29, 1.82) is 0 Å². The van der Waals surface area contributed by atoms with Crippen molar-refractivity contribution in [1.82, 2.24) is 15.5 Å². The molecule has 10 heteroatoms. The topological polar surface area (TPSA) is 93.7 Å². The lowest BCUT2D eigenvalue weighted by atomic mass is 10.0. The number of aliphatic hydroxyl groups is 1. The van der Waals surface area contributed by atoms with Gasteiger partial charge in [0.15, 0.2) is 0 Å². The van der Waals surface area contributed by atoms with E-state index in [2.05, 4.69) is 55.5 Å². The van der Waals surface area contributed by atoms with E-state index >= 15 is 0 Å². The fraction of sp³-hybridized carbons (Fsp3) is 0.548. The van der Waals surface area contributed by atoms with Gasteiger partial charge in [-0.1, -0.05) is 70.0 Å². The number of hydrogen-bond donors (Lipinski definition) is 4. The zero-order valence-electron chi connectivity index (χ0n) is 25.0. The summed E-state index contributed by atoms with van der Waals surface area (Å²) < 4.78 is 13.6. The molecule has 1 aliphatic rings. The van der Waals surface area contributed by atoms with E-state index in [1.165, 1.54) is 12.1 Å². The van der Waals surface area contributed by atoms with Gasteiger partial charge in [-0.05, 0) is 72.5 Å². The molecule has 2 amide bonds. The average molecular weight is 614 g/mol. The number of anilines is 1. The Bertz CT molecular complexity index is 1050. The van der Waals surface area contributed by atoms with Crippen molar-refractivity contribution < 1.29 is 19.1 Å². The lowest BCUT2D eigenvalue weighted by Gasteiger charge is -2.15. The van der Waals surface area contributed by atoms with Crippen LogP contribution in [0.1, 0.15) is 70.9 Å². The Kier molecular flexibility index (Phi) is 17.8. The van der Waals surface area contributed by atoms with Crippen molar-refractivity contribution in [3.63, 3.8) is 0 Å². The normalized spacial score (nSPS) is 15.6. The number of hydrogen-bond acceptors (Lipinski definition) is 5. The minimum Gasteiger partial charge on any atom is -0.392 e. The quantitative estimate of drug-likeness (QED) is 0.159. The van der Waals surface area contributed by atoms with Gasteiger partial charge in [0, 0.05) is 43.4 Å². The number of aliphatic hydroxyl groups excluding tert-OH is 1. The first-order chi connectivity index (χ1) is 19.3. The summed E-state index contributed by atoms with van der Waals surface area (Å²) in [6.07, 6.45) is 4.18. The maximum atomic E-state index is 13.6. The maximum absolute atomic E-state index is 13.6. The van der Waals surface area contributed by atoms with Crippen molar-refractivity contribution >= 4 is 41.7 Å². The molecule has 230 valence electrons. The van der Waals surface area contributed by atoms with Crippen molar-refractivity contribution in [3.8, 4) is 0 Å². The average Bonchev–Trinajstić information content (AvgIpc) is 3.31. The van der Waals surface area contributed by atoms with Gasteiger partial charge in [0.2, 0.25) is 12.8 Å². The van der Waals surface area contributed by atoms with Gasteiger partial charge in [-0.15, -0.1) is 0 Å². The van der Waals surface area contributed by atoms with Crippen LogP contribution >= 0.6 is 23.2 Å². The molecule has 0 aromatic heterocycles. The van der Waals surface area contributed by atoms with Gasteiger partial charge in [-0.2, -0.15) is 0 Å². The minimum atomic E-state index is -0.511. The molecule has 0 aliphatic carbocycles. The second kappa shape index (κ2) is 19.8. The molecular formula is C31H47Cl2FN4O3. The van der Waals surface area contributed by atoms with Gasteiger partial charge in [-0.25, -0.2) is 4.39 Å². The first kappa shape index (κ1) is 36.8. The fourth-order valence-corrected chi connectivity index (χ4v) is 4.29. The van der Waals surface area contributed by atoms with Gasteiger partial charge in [0.1, 0.15) is 5.82 Å². The maximum Gasteiger partial charge on any atom is 0.211 e. The van der Waals surface area contributed by atoms with Crippen LogP contribution in [0.5, 0.6) is 0 Å². The molecule has 1 aliphatic heterocycles. The number of likely N-dealkylation sites (tertiary alicyclic amines) is 1. The second-order valence-corrected chi connectivity index (χ2v) is 12.6. The first-order valence-electron chi connectivity index (χ1n) is 14.1. The molecule has 7 nitrogen and oxygen atoms in total. The summed E-state index contributed by atoms with van der Waals surface area (Å²) in [6, 6.07) is 10.4. The molecule has 1 fully saturated rings. The summed E-state index contributed by atoms with van der Waals surface area (Å²) in [5.41, 5.74) is 2.75. The third kappa shape index (κ3) is 17.4. The van der Waals surface area contributed by atoms with Gasteiger partial charge in [-0.3, -0.25) is 9.59 Å². The summed E-state index contributed by atoms with van der Waals surface area (Å²) in [4.78, 5) is 22.8. The molecule has 2 aromatic rings. The van der Waals surface area contributed by atoms with Crippen LogP contribution in [0.4, 0.5) is 10.1 Å². The third-order valence-corrected chi connectivity index (χ3v) is 6.45. The number of rotatable bonds is 13. The molecule has 0 radical (unpaired) electrons. The minimum absolute atomic E-state index is 0.0228. The summed E-state index contributed by atoms with van der Waals surface area (Å²) in [5, 5.41) is 18.3. The Morgan fingerprint density at radius 3 is 2.41 bits per heavy atom. The van der Waals surface area contributed by atoms with Crippen LogP contribution in [0, 0.1) is 11.2 Å². The van der Waals surface area contributed by atoms with E-state index in [9.17, 15) is 19.1 Å². The monoisotopic (exact) mass is 612 g/mol. The van der Waals surface area contributed by atoms with Gasteiger partial charge < -0.3 is 26.0 Å². The van der Waals surface area contributed by atoms with E-state index < -0.39 is 5.82 Å². The molecule has 4 N–H and O–H groups in total. The number of nitrogens with zero attached hydrogens (tertiary/aromatic N) is 1. The molecule has 0 saturated carbocycles. The molecular weight excluding hydrogens is 566 g/mol. The van der Waals surface area contributed by atoms with E-state index in [0.717, 1.165) is 57.4 Å². The van der Waals surface area contributed by atoms with E-state index in [-0.39, 0.29) is 17.0 Å². The van der Waals surface area contributed by atoms with Gasteiger partial charge in [0.25, 0.3) is 0 Å². The van der Waals surface area contributed by atoms with Crippen LogP contribution in [-0.4, -0.2) is 61.7 Å². The van der Waals surface area contributed by atoms with Crippen LogP contribution in [0.3, 0.4) is 0 Å². The zero-order chi connectivity index (χ0) is 30.8. The molecule has 41 heavy (non-hydrogen) atoms. The molecule has 2 aromatic carbocycles. The highest BCUT2D eigenvalue weighted by Crippen LogP contribution is 2.25. The SMILES string of the molecule is CC(C)(C)C.CC(CNCc1cc(F)c(Cl)cc1NC=O)c1cccc(Cl)c1.O=CNCCCCN1CCC(O)C1. The lowest BCUT2D eigenvalue weighted by Crippen LogP contribution is -2.24. The molecule has 3 rings (SSSR count). The summed E-state index contributed by atoms with van der Waals surface area (Å²) in [6.45, 7) is 15.6. The first-order valence-corrected chi connectivity index (χ1v) is 14.8. The Morgan fingerprint density at radius 1 is 1.12 bits per heavy atom. The number of amides is 2. The second-order valence-electron chi connectivity index (χ2n) is 11.8. The van der Waals surface area contributed by atoms with Crippen LogP contribution in [0.2, 0.25) is 10.0 Å². The molecule has 1 heterocycles. The predicted octanol–water partition coefficient (Wildman–Crippen LogP) is 6.23. The van der Waals surface area contributed by atoms with Crippen molar-refractivity contribution in [3.05, 3.63) is 63.4 Å². The van der Waals surface area contributed by atoms with Crippen LogP contribution in [0.15, 0.2) is 36.4 Å². The highest BCUT2D eigenvalue weighted by Gasteiger charge is 2.18. The molecule has 0 bridgehead atoms. The summed E-state index contributed by atoms with van der Waals surface area (Å²) in [5.74, 6) is -0.267. The van der Waals surface area contributed by atoms with Crippen molar-refractivity contribution in [2.45, 2.75) is 72.4 Å². The summed E-state index contributed by atoms with van der Waals surface area (Å²) in [7, 11) is 0. The number of β-amino-alcohol motifs (C(OH)–C–C–N with tert-alkyl or cyclic N) is 1. The number of halogens is 3. The molecule has 0 spiro atoms. The smallest absolute Gasteiger partial charge is 0.211 e. The van der Waals surface area contributed by atoms with Gasteiger partial charge in [0.05, 0.1) is 11.1 Å². The number of carbonyl (C=O) groups excluding carboxylic acids is 2. The third-order valence-electron chi connectivity index (χ3n) is 5.92. The van der Waals surface area contributed by atoms with Crippen LogP contribution in [0.25, 0.3) is 0 Å². The standard InChI is InChI=1S/C17H17Cl2FN2O.C9H18N2O2.C5H12/c1-11(12-3-2-4-14(18)5-12)8-21-9-13-6-16(20)15(19)7-17(13)22-10-23;12-8-10-4-1-2-5-11-6-3-9(13)7-11;1-5(2,3)4/h2-7,10-11,21H,8-9H2,1H3,(H,22,23);8-9,13H,1-7H2,(H,10,12);1-4H3. The largest absolute Gasteiger partial charge is 0.392 e. The van der Waals surface area contributed by atoms with E-state index in [1.807, 2.05) is 24.3 Å². The lowest BCUT2D eigenvalue weighted by molar-refractivity contribution is -0.109. The van der Waals surface area contributed by atoms with Gasteiger partial charge >= 0.3 is 0 Å². The fourth-order valence-electron chi connectivity index (χ4n) is 3.92. The number of unbranched alkanes of at least 4 members (excludes halogenated alkanes) is 1. The van der Waals surface area contributed by atoms with Crippen LogP contribution in [-0.2, 0) is 16.1 Å². The Hall–Kier alpha value is -2.23. The Morgan fingerprint density at radius 2 is 1.83 bits per heavy atom. The Balaban J connectivity index is 0.000000391. The highest BCUT2D eigenvalue weighted by molar-refractivity contribution is 6.31. The van der Waals surface area contributed by atoms with E-state index in [1.54, 1.807) is 0 Å². The van der Waals surface area contributed by atoms with Crippen molar-refractivity contribution in [2.75, 3.05) is 38.0 Å². The molecule has 2 unspecified atom stereocenters. The number of nitrogens with one attached hydrogen (secondary N) is 3. The highest BCUT2D eigenvalue weighted by atomic mass is 35.5. The van der Waals surface area contributed by atoms with Crippen LogP contribution < -0.4 is 16.0 Å². The summed E-state index contributed by atoms with van der Waals surface area (Å²) >= 11 is 11.7. The molecule has 2 atom stereocenters. The van der Waals surface area contributed by atoms with E-state index in [0.29, 0.717) is 41.2 Å². The number of benzene rings is 2. The number of carbonyl (C=O) groups is 2. The Labute approximate surface area is 255 Å². The zero-order valence-corrected chi connectivity index (χ0v) is 26.5. The predicted molar refractivity (Wildman–Crippen MR) is 168 cm³/mol. The molecule has 1 saturated heterocycles.